The molecule has 52 valence electrons. The van der Waals surface area contributed by atoms with Crippen molar-refractivity contribution in [1.82, 2.24) is 0 Å². The summed E-state index contributed by atoms with van der Waals surface area (Å²) in [5, 5.41) is 0. The Morgan fingerprint density at radius 2 is 1.44 bits per heavy atom. The van der Waals surface area contributed by atoms with Gasteiger partial charge in [0.05, 0.1) is 0 Å². The van der Waals surface area contributed by atoms with Gasteiger partial charge in [-0.15, -0.1) is 0 Å². The largest absolute Gasteiger partial charge is 0.298 e. The van der Waals surface area contributed by atoms with E-state index in [2.05, 4.69) is 0 Å². The van der Waals surface area contributed by atoms with Crippen LogP contribution in [0.4, 0.5) is 0 Å². The van der Waals surface area contributed by atoms with Crippen molar-refractivity contribution >= 4 is 34.2 Å². The summed E-state index contributed by atoms with van der Waals surface area (Å²) in [6.45, 7) is 2.83. The van der Waals surface area contributed by atoms with Gasteiger partial charge in [-0.3, -0.25) is 9.59 Å². The van der Waals surface area contributed by atoms with E-state index in [9.17, 15) is 9.59 Å². The van der Waals surface area contributed by atoms with Crippen LogP contribution < -0.4 is 0 Å². The van der Waals surface area contributed by atoms with E-state index in [1.54, 1.807) is 0 Å². The number of hydrogen-bond donors (Lipinski definition) is 0. The van der Waals surface area contributed by atoms with E-state index < -0.39 is 3.92 Å². The third kappa shape index (κ3) is 5.07. The minimum absolute atomic E-state index is 0. The number of alkyl halides is 1. The van der Waals surface area contributed by atoms with Crippen molar-refractivity contribution in [2.45, 2.75) is 17.8 Å². The van der Waals surface area contributed by atoms with E-state index >= 15 is 0 Å². The van der Waals surface area contributed by atoms with E-state index in [-0.39, 0.29) is 28.9 Å². The number of Topliss-reactive ketones (excluding diaryl/α,β-unsaturated/α-hetero) is 2. The standard InChI is InChI=1S/C5H7IO2.Cr/c1-3(7)5(6)4(2)8;/h5H,1-2H3;. The molecule has 4 heteroatoms. The molecule has 0 N–H and O–H groups in total. The normalized spacial score (nSPS) is 8.44. The summed E-state index contributed by atoms with van der Waals surface area (Å²) >= 11 is 1.82. The Hall–Kier alpha value is 0.602. The second kappa shape index (κ2) is 5.39. The summed E-state index contributed by atoms with van der Waals surface area (Å²) in [5.74, 6) is -0.142. The maximum atomic E-state index is 10.4. The summed E-state index contributed by atoms with van der Waals surface area (Å²) in [6, 6.07) is 0. The molecule has 0 rings (SSSR count). The number of hydrogen-bond acceptors (Lipinski definition) is 2. The first-order chi connectivity index (χ1) is 3.55. The first kappa shape index (κ1) is 12.3. The van der Waals surface area contributed by atoms with E-state index in [4.69, 9.17) is 0 Å². The number of rotatable bonds is 2. The maximum Gasteiger partial charge on any atom is 0.150 e. The van der Waals surface area contributed by atoms with Crippen LogP contribution in [-0.2, 0) is 27.0 Å². The van der Waals surface area contributed by atoms with Crippen molar-refractivity contribution < 1.29 is 27.0 Å². The molecular formula is C5H7CrIO2. The Balaban J connectivity index is 0. The van der Waals surface area contributed by atoms with E-state index in [0.717, 1.165) is 0 Å². The van der Waals surface area contributed by atoms with Crippen LogP contribution in [0.2, 0.25) is 0 Å². The van der Waals surface area contributed by atoms with Gasteiger partial charge in [0.15, 0.2) is 0 Å². The molecule has 0 unspecified atom stereocenters. The van der Waals surface area contributed by atoms with Crippen LogP contribution in [0.15, 0.2) is 0 Å². The zero-order chi connectivity index (χ0) is 6.73. The third-order valence-electron chi connectivity index (χ3n) is 0.714. The predicted octanol–water partition coefficient (Wildman–Crippen LogP) is 0.966. The minimum atomic E-state index is -0.437. The SMILES string of the molecule is CC(=O)C(I)C(C)=O.[Cr]. The average Bonchev–Trinajstić information content (AvgIpc) is 1.64. The molecule has 0 saturated heterocycles. The Morgan fingerprint density at radius 3 is 1.44 bits per heavy atom. The molecule has 0 amide bonds. The van der Waals surface area contributed by atoms with Crippen molar-refractivity contribution in [1.29, 1.82) is 0 Å². The van der Waals surface area contributed by atoms with Crippen LogP contribution in [0.3, 0.4) is 0 Å². The van der Waals surface area contributed by atoms with E-state index in [0.29, 0.717) is 0 Å². The van der Waals surface area contributed by atoms with Gasteiger partial charge in [-0.25, -0.2) is 0 Å². The fraction of sp³-hybridized carbons (Fsp3) is 0.600. The van der Waals surface area contributed by atoms with E-state index in [1.165, 1.54) is 13.8 Å². The minimum Gasteiger partial charge on any atom is -0.298 e. The summed E-state index contributed by atoms with van der Waals surface area (Å²) in [7, 11) is 0. The second-order valence-corrected chi connectivity index (χ2v) is 2.83. The molecular weight excluding hydrogens is 271 g/mol. The van der Waals surface area contributed by atoms with Gasteiger partial charge in [-0.05, 0) is 13.8 Å². The number of carbonyl (C=O) groups excluding carboxylic acids is 2. The second-order valence-electron chi connectivity index (χ2n) is 1.58. The molecule has 0 spiro atoms. The molecule has 0 saturated carbocycles. The fourth-order valence-electron chi connectivity index (χ4n) is 0.286. The molecule has 0 bridgehead atoms. The smallest absolute Gasteiger partial charge is 0.150 e. The van der Waals surface area contributed by atoms with Gasteiger partial charge >= 0.3 is 0 Å². The summed E-state index contributed by atoms with van der Waals surface area (Å²) < 4.78 is -0.437. The van der Waals surface area contributed by atoms with Gasteiger partial charge in [-0.2, -0.15) is 0 Å². The molecule has 0 radical (unpaired) electrons. The molecule has 0 aromatic carbocycles. The van der Waals surface area contributed by atoms with Gasteiger partial charge in [0.1, 0.15) is 15.5 Å². The maximum absolute atomic E-state index is 10.4. The van der Waals surface area contributed by atoms with E-state index in [1.807, 2.05) is 22.6 Å². The van der Waals surface area contributed by atoms with Crippen molar-refractivity contribution in [2.75, 3.05) is 0 Å². The van der Waals surface area contributed by atoms with Crippen LogP contribution in [0.5, 0.6) is 0 Å². The average molecular weight is 278 g/mol. The molecule has 9 heavy (non-hydrogen) atoms. The molecule has 0 aliphatic rings. The molecule has 0 aromatic rings. The summed E-state index contributed by atoms with van der Waals surface area (Å²) in [5.41, 5.74) is 0. The quantitative estimate of drug-likeness (QED) is 0.428. The third-order valence-corrected chi connectivity index (χ3v) is 2.47. The topological polar surface area (TPSA) is 34.1 Å². The first-order valence-corrected chi connectivity index (χ1v) is 3.45. The molecule has 2 nitrogen and oxygen atoms in total. The van der Waals surface area contributed by atoms with Gasteiger partial charge in [0.25, 0.3) is 0 Å². The Labute approximate surface area is 78.7 Å². The Kier molecular flexibility index (Phi) is 7.37. The number of halogens is 1. The summed E-state index contributed by atoms with van der Waals surface area (Å²) in [6.07, 6.45) is 0. The van der Waals surface area contributed by atoms with Gasteiger partial charge in [0, 0.05) is 17.4 Å². The monoisotopic (exact) mass is 278 g/mol. The molecule has 0 heterocycles. The van der Waals surface area contributed by atoms with Crippen molar-refractivity contribution in [2.24, 2.45) is 0 Å². The van der Waals surface area contributed by atoms with Crippen LogP contribution in [0, 0.1) is 0 Å². The van der Waals surface area contributed by atoms with Gasteiger partial charge in [-0.1, -0.05) is 22.6 Å². The van der Waals surface area contributed by atoms with Crippen LogP contribution in [-0.4, -0.2) is 15.5 Å². The molecule has 0 aliphatic heterocycles. The van der Waals surface area contributed by atoms with Crippen LogP contribution in [0.25, 0.3) is 0 Å². The first-order valence-electron chi connectivity index (χ1n) is 2.20. The number of carbonyl (C=O) groups is 2. The van der Waals surface area contributed by atoms with Crippen molar-refractivity contribution in [3.05, 3.63) is 0 Å². The molecule has 0 atom stereocenters. The van der Waals surface area contributed by atoms with Gasteiger partial charge in [0.2, 0.25) is 0 Å². The van der Waals surface area contributed by atoms with Crippen molar-refractivity contribution in [3.8, 4) is 0 Å². The van der Waals surface area contributed by atoms with Crippen molar-refractivity contribution in [3.63, 3.8) is 0 Å². The molecule has 0 aromatic heterocycles. The molecule has 0 fully saturated rings. The zero-order valence-electron chi connectivity index (χ0n) is 5.18. The van der Waals surface area contributed by atoms with Gasteiger partial charge < -0.3 is 0 Å². The Morgan fingerprint density at radius 1 is 1.22 bits per heavy atom. The number of ketones is 2. The predicted molar refractivity (Wildman–Crippen MR) is 39.2 cm³/mol. The Bertz CT molecular complexity index is 110. The fourth-order valence-corrected chi connectivity index (χ4v) is 0.286. The van der Waals surface area contributed by atoms with Crippen LogP contribution >= 0.6 is 22.6 Å². The van der Waals surface area contributed by atoms with Crippen LogP contribution in [0.1, 0.15) is 13.8 Å². The molecule has 0 aliphatic carbocycles. The summed E-state index contributed by atoms with van der Waals surface area (Å²) in [4.78, 5) is 20.7. The zero-order valence-corrected chi connectivity index (χ0v) is 8.61.